The van der Waals surface area contributed by atoms with Gasteiger partial charge >= 0.3 is 0 Å². The Hall–Kier alpha value is -1.32. The van der Waals surface area contributed by atoms with Crippen LogP contribution in [0.1, 0.15) is 37.8 Å². The fourth-order valence-electron chi connectivity index (χ4n) is 2.63. The van der Waals surface area contributed by atoms with Gasteiger partial charge in [-0.3, -0.25) is 9.48 Å². The Labute approximate surface area is 161 Å². The maximum Gasteiger partial charge on any atom is 0.241 e. The van der Waals surface area contributed by atoms with Crippen LogP contribution in [0, 0.1) is 0 Å². The van der Waals surface area contributed by atoms with Gasteiger partial charge in [0, 0.05) is 33.4 Å². The van der Waals surface area contributed by atoms with Gasteiger partial charge in [0.15, 0.2) is 5.96 Å². The molecule has 136 valence electrons. The standard InChI is InChI=1S/C16H28N6O.HI/c1-21(2)15(23)12-18-16(20-13-7-5-4-6-8-13)17-11-14-9-10-19-22(14)3;/h9-10,13H,4-8,11-12H2,1-3H3,(H2,17,18,20);1H. The molecule has 1 aromatic rings. The van der Waals surface area contributed by atoms with Crippen molar-refractivity contribution >= 4 is 35.8 Å². The smallest absolute Gasteiger partial charge is 0.241 e. The number of likely N-dealkylation sites (N-methyl/N-ethyl adjacent to an activating group) is 1. The Kier molecular flexibility index (Phi) is 9.09. The molecule has 0 atom stereocenters. The number of rotatable bonds is 5. The summed E-state index contributed by atoms with van der Waals surface area (Å²) >= 11 is 0. The van der Waals surface area contributed by atoms with Crippen molar-refractivity contribution in [3.63, 3.8) is 0 Å². The summed E-state index contributed by atoms with van der Waals surface area (Å²) in [6.07, 6.45) is 7.91. The summed E-state index contributed by atoms with van der Waals surface area (Å²) < 4.78 is 1.81. The quantitative estimate of drug-likeness (QED) is 0.407. The zero-order chi connectivity index (χ0) is 16.7. The summed E-state index contributed by atoms with van der Waals surface area (Å²) in [5.41, 5.74) is 1.04. The van der Waals surface area contributed by atoms with Gasteiger partial charge in [-0.2, -0.15) is 5.10 Å². The van der Waals surface area contributed by atoms with Crippen LogP contribution < -0.4 is 10.6 Å². The highest BCUT2D eigenvalue weighted by atomic mass is 127. The van der Waals surface area contributed by atoms with Crippen LogP contribution in [0.25, 0.3) is 0 Å². The van der Waals surface area contributed by atoms with E-state index in [1.807, 2.05) is 17.8 Å². The molecule has 1 aliphatic rings. The average Bonchev–Trinajstić information content (AvgIpc) is 2.95. The van der Waals surface area contributed by atoms with Crippen LogP contribution in [0.4, 0.5) is 0 Å². The van der Waals surface area contributed by atoms with E-state index in [0.717, 1.165) is 18.5 Å². The van der Waals surface area contributed by atoms with Crippen molar-refractivity contribution in [2.75, 3.05) is 20.6 Å². The first-order chi connectivity index (χ1) is 11.1. The van der Waals surface area contributed by atoms with Crippen LogP contribution in [-0.2, 0) is 18.4 Å². The van der Waals surface area contributed by atoms with Crippen molar-refractivity contribution in [1.29, 1.82) is 0 Å². The van der Waals surface area contributed by atoms with E-state index >= 15 is 0 Å². The van der Waals surface area contributed by atoms with E-state index < -0.39 is 0 Å². The first-order valence-electron chi connectivity index (χ1n) is 8.28. The molecule has 1 aliphatic carbocycles. The number of guanidine groups is 1. The van der Waals surface area contributed by atoms with Crippen LogP contribution >= 0.6 is 24.0 Å². The minimum Gasteiger partial charge on any atom is -0.354 e. The van der Waals surface area contributed by atoms with Crippen molar-refractivity contribution in [3.8, 4) is 0 Å². The summed E-state index contributed by atoms with van der Waals surface area (Å²) in [7, 11) is 5.41. The third kappa shape index (κ3) is 6.66. The van der Waals surface area contributed by atoms with Crippen LogP contribution in [0.15, 0.2) is 17.3 Å². The Balaban J connectivity index is 0.00000288. The van der Waals surface area contributed by atoms with Gasteiger partial charge in [0.05, 0.1) is 18.8 Å². The number of carbonyl (C=O) groups excluding carboxylic acids is 1. The maximum absolute atomic E-state index is 11.8. The maximum atomic E-state index is 11.8. The lowest BCUT2D eigenvalue weighted by Crippen LogP contribution is -2.47. The third-order valence-electron chi connectivity index (χ3n) is 4.17. The molecule has 0 aromatic carbocycles. The molecule has 1 saturated carbocycles. The molecule has 8 heteroatoms. The number of amides is 1. The minimum atomic E-state index is 0. The zero-order valence-corrected chi connectivity index (χ0v) is 17.1. The van der Waals surface area contributed by atoms with Gasteiger partial charge in [-0.25, -0.2) is 4.99 Å². The van der Waals surface area contributed by atoms with Gasteiger partial charge in [0.25, 0.3) is 0 Å². The molecule has 1 fully saturated rings. The molecule has 0 spiro atoms. The Morgan fingerprint density at radius 1 is 1.38 bits per heavy atom. The van der Waals surface area contributed by atoms with Crippen molar-refractivity contribution < 1.29 is 4.79 Å². The van der Waals surface area contributed by atoms with E-state index in [1.54, 1.807) is 25.2 Å². The van der Waals surface area contributed by atoms with Gasteiger partial charge in [-0.05, 0) is 18.9 Å². The number of halogens is 1. The first kappa shape index (κ1) is 20.7. The van der Waals surface area contributed by atoms with E-state index in [-0.39, 0.29) is 36.4 Å². The Morgan fingerprint density at radius 2 is 2.08 bits per heavy atom. The molecule has 1 amide bonds. The third-order valence-corrected chi connectivity index (χ3v) is 4.17. The highest BCUT2D eigenvalue weighted by Gasteiger charge is 2.15. The number of nitrogens with zero attached hydrogens (tertiary/aromatic N) is 4. The highest BCUT2D eigenvalue weighted by Crippen LogP contribution is 2.17. The summed E-state index contributed by atoms with van der Waals surface area (Å²) in [5, 5.41) is 10.8. The predicted octanol–water partition coefficient (Wildman–Crippen LogP) is 1.49. The van der Waals surface area contributed by atoms with Crippen LogP contribution in [0.5, 0.6) is 0 Å². The SMILES string of the molecule is CN(C)C(=O)CNC(=NCc1ccnn1C)NC1CCCCC1.I. The van der Waals surface area contributed by atoms with Crippen molar-refractivity contribution in [1.82, 2.24) is 25.3 Å². The molecule has 0 unspecified atom stereocenters. The molecule has 0 saturated heterocycles. The van der Waals surface area contributed by atoms with Crippen LogP contribution in [0.3, 0.4) is 0 Å². The lowest BCUT2D eigenvalue weighted by Gasteiger charge is -2.25. The molecule has 0 aliphatic heterocycles. The summed E-state index contributed by atoms with van der Waals surface area (Å²) in [6.45, 7) is 0.783. The number of hydrogen-bond donors (Lipinski definition) is 2. The second kappa shape index (κ2) is 10.5. The fraction of sp³-hybridized carbons (Fsp3) is 0.688. The second-order valence-corrected chi connectivity index (χ2v) is 6.23. The first-order valence-corrected chi connectivity index (χ1v) is 8.28. The molecular formula is C16H29IN6O. The van der Waals surface area contributed by atoms with Crippen LogP contribution in [-0.4, -0.2) is 53.2 Å². The summed E-state index contributed by atoms with van der Waals surface area (Å²) in [4.78, 5) is 18.0. The molecule has 1 heterocycles. The van der Waals surface area contributed by atoms with Gasteiger partial charge < -0.3 is 15.5 Å². The Bertz CT molecular complexity index is 536. The number of aryl methyl sites for hydroxylation is 1. The number of carbonyl (C=O) groups is 1. The van der Waals surface area contributed by atoms with Gasteiger partial charge in [0.2, 0.25) is 5.91 Å². The number of aromatic nitrogens is 2. The Morgan fingerprint density at radius 3 is 2.67 bits per heavy atom. The fourth-order valence-corrected chi connectivity index (χ4v) is 2.63. The molecule has 1 aromatic heterocycles. The topological polar surface area (TPSA) is 74.5 Å². The second-order valence-electron chi connectivity index (χ2n) is 6.23. The molecule has 24 heavy (non-hydrogen) atoms. The van der Waals surface area contributed by atoms with Crippen molar-refractivity contribution in [3.05, 3.63) is 18.0 Å². The lowest BCUT2D eigenvalue weighted by atomic mass is 9.96. The lowest BCUT2D eigenvalue weighted by molar-refractivity contribution is -0.127. The summed E-state index contributed by atoms with van der Waals surface area (Å²) in [5.74, 6) is 0.733. The van der Waals surface area contributed by atoms with Crippen molar-refractivity contribution in [2.24, 2.45) is 12.0 Å². The largest absolute Gasteiger partial charge is 0.354 e. The molecule has 0 bridgehead atoms. The molecule has 7 nitrogen and oxygen atoms in total. The number of nitrogens with one attached hydrogen (secondary N) is 2. The minimum absolute atomic E-state index is 0. The van der Waals surface area contributed by atoms with E-state index in [1.165, 1.54) is 19.3 Å². The van der Waals surface area contributed by atoms with Gasteiger partial charge in [-0.1, -0.05) is 19.3 Å². The van der Waals surface area contributed by atoms with E-state index in [2.05, 4.69) is 20.7 Å². The van der Waals surface area contributed by atoms with Crippen LogP contribution in [0.2, 0.25) is 0 Å². The number of hydrogen-bond acceptors (Lipinski definition) is 3. The van der Waals surface area contributed by atoms with Crippen molar-refractivity contribution in [2.45, 2.75) is 44.7 Å². The normalized spacial score (nSPS) is 15.5. The van der Waals surface area contributed by atoms with Gasteiger partial charge in [0.1, 0.15) is 0 Å². The monoisotopic (exact) mass is 448 g/mol. The highest BCUT2D eigenvalue weighted by molar-refractivity contribution is 14.0. The molecule has 0 radical (unpaired) electrons. The van der Waals surface area contributed by atoms with E-state index in [0.29, 0.717) is 18.5 Å². The summed E-state index contributed by atoms with van der Waals surface area (Å²) in [6, 6.07) is 2.39. The average molecular weight is 448 g/mol. The molecule has 2 rings (SSSR count). The number of aliphatic imine (C=N–C) groups is 1. The van der Waals surface area contributed by atoms with Gasteiger partial charge in [-0.15, -0.1) is 24.0 Å². The predicted molar refractivity (Wildman–Crippen MR) is 106 cm³/mol. The molecule has 2 N–H and O–H groups in total. The van der Waals surface area contributed by atoms with E-state index in [4.69, 9.17) is 0 Å². The zero-order valence-electron chi connectivity index (χ0n) is 14.8. The molecular weight excluding hydrogens is 419 g/mol. The van der Waals surface area contributed by atoms with E-state index in [9.17, 15) is 4.79 Å².